The molecule has 7 heteroatoms. The molecule has 0 aliphatic heterocycles. The van der Waals surface area contributed by atoms with E-state index < -0.39 is 0 Å². The van der Waals surface area contributed by atoms with E-state index in [9.17, 15) is 4.39 Å². The Kier molecular flexibility index (Phi) is 5.72. The van der Waals surface area contributed by atoms with Crippen molar-refractivity contribution in [3.8, 4) is 17.1 Å². The zero-order valence-corrected chi connectivity index (χ0v) is 14.3. The van der Waals surface area contributed by atoms with E-state index in [0.29, 0.717) is 22.5 Å². The maximum Gasteiger partial charge on any atom is 0.208 e. The minimum Gasteiger partial charge on any atom is -0.494 e. The lowest BCUT2D eigenvalue weighted by Gasteiger charge is -2.04. The van der Waals surface area contributed by atoms with Crippen LogP contribution in [0.3, 0.4) is 0 Å². The summed E-state index contributed by atoms with van der Waals surface area (Å²) in [6.45, 7) is 0.563. The van der Waals surface area contributed by atoms with Gasteiger partial charge >= 0.3 is 0 Å². The van der Waals surface area contributed by atoms with Gasteiger partial charge in [0.2, 0.25) is 5.16 Å². The number of aromatic nitrogens is 3. The maximum absolute atomic E-state index is 12.8. The van der Waals surface area contributed by atoms with Gasteiger partial charge in [-0.1, -0.05) is 23.4 Å². The first-order valence-electron chi connectivity index (χ1n) is 7.40. The van der Waals surface area contributed by atoms with Crippen molar-refractivity contribution >= 4 is 23.4 Å². The number of hydrogen-bond donors (Lipinski definition) is 1. The van der Waals surface area contributed by atoms with Crippen LogP contribution in [-0.4, -0.2) is 27.5 Å². The molecule has 0 amide bonds. The maximum atomic E-state index is 12.8. The van der Waals surface area contributed by atoms with Crippen molar-refractivity contribution in [2.24, 2.45) is 0 Å². The van der Waals surface area contributed by atoms with Gasteiger partial charge in [-0.3, -0.25) is 5.10 Å². The number of aromatic amines is 1. The van der Waals surface area contributed by atoms with Crippen LogP contribution in [-0.2, 0) is 0 Å². The van der Waals surface area contributed by atoms with E-state index in [-0.39, 0.29) is 5.82 Å². The summed E-state index contributed by atoms with van der Waals surface area (Å²) in [4.78, 5) is 4.45. The number of hydrogen-bond acceptors (Lipinski definition) is 4. The average Bonchev–Trinajstić information content (AvgIpc) is 3.06. The van der Waals surface area contributed by atoms with Gasteiger partial charge in [-0.2, -0.15) is 0 Å². The van der Waals surface area contributed by atoms with Gasteiger partial charge in [-0.05, 0) is 55.0 Å². The summed E-state index contributed by atoms with van der Waals surface area (Å²) in [6.07, 6.45) is 0.840. The molecule has 1 heterocycles. The monoisotopic (exact) mass is 363 g/mol. The summed E-state index contributed by atoms with van der Waals surface area (Å²) in [5.41, 5.74) is 0.943. The fraction of sp³-hybridized carbons (Fsp3) is 0.176. The number of halogens is 2. The predicted octanol–water partition coefficient (Wildman–Crippen LogP) is 4.83. The molecular weight excluding hydrogens is 349 g/mol. The van der Waals surface area contributed by atoms with Gasteiger partial charge in [0.05, 0.1) is 6.61 Å². The lowest BCUT2D eigenvalue weighted by atomic mass is 10.2. The molecule has 0 saturated carbocycles. The van der Waals surface area contributed by atoms with E-state index in [0.717, 1.165) is 23.6 Å². The molecule has 4 nitrogen and oxygen atoms in total. The first-order valence-corrected chi connectivity index (χ1v) is 8.76. The van der Waals surface area contributed by atoms with Crippen LogP contribution < -0.4 is 4.74 Å². The van der Waals surface area contributed by atoms with Crippen LogP contribution in [0.1, 0.15) is 6.42 Å². The molecule has 0 fully saturated rings. The van der Waals surface area contributed by atoms with Crippen molar-refractivity contribution in [1.29, 1.82) is 0 Å². The van der Waals surface area contributed by atoms with E-state index in [1.54, 1.807) is 23.9 Å². The highest BCUT2D eigenvalue weighted by Gasteiger charge is 2.06. The number of benzene rings is 2. The highest BCUT2D eigenvalue weighted by atomic mass is 35.5. The smallest absolute Gasteiger partial charge is 0.208 e. The third-order valence-electron chi connectivity index (χ3n) is 3.18. The van der Waals surface area contributed by atoms with E-state index >= 15 is 0 Å². The molecule has 0 spiro atoms. The Hall–Kier alpha value is -2.05. The third-order valence-corrected chi connectivity index (χ3v) is 4.37. The zero-order chi connectivity index (χ0) is 16.8. The summed E-state index contributed by atoms with van der Waals surface area (Å²) >= 11 is 7.43. The first kappa shape index (κ1) is 16.8. The Morgan fingerprint density at radius 2 is 1.83 bits per heavy atom. The zero-order valence-electron chi connectivity index (χ0n) is 12.7. The van der Waals surface area contributed by atoms with Crippen molar-refractivity contribution in [2.75, 3.05) is 12.4 Å². The Morgan fingerprint density at radius 3 is 2.58 bits per heavy atom. The molecule has 0 unspecified atom stereocenters. The molecule has 1 aromatic heterocycles. The van der Waals surface area contributed by atoms with Gasteiger partial charge in [-0.15, -0.1) is 5.10 Å². The van der Waals surface area contributed by atoms with Gasteiger partial charge in [0.25, 0.3) is 0 Å². The highest BCUT2D eigenvalue weighted by Crippen LogP contribution is 2.21. The van der Waals surface area contributed by atoms with E-state index in [2.05, 4.69) is 15.2 Å². The Balaban J connectivity index is 1.42. The van der Waals surface area contributed by atoms with Gasteiger partial charge in [0.15, 0.2) is 5.82 Å². The highest BCUT2D eigenvalue weighted by molar-refractivity contribution is 7.99. The minimum absolute atomic E-state index is 0.265. The summed E-state index contributed by atoms with van der Waals surface area (Å²) in [7, 11) is 0. The number of thioether (sulfide) groups is 1. The molecule has 0 atom stereocenters. The Bertz CT molecular complexity index is 777. The summed E-state index contributed by atoms with van der Waals surface area (Å²) in [6, 6.07) is 13.4. The summed E-state index contributed by atoms with van der Waals surface area (Å²) in [5, 5.41) is 8.50. The van der Waals surface area contributed by atoms with Crippen molar-refractivity contribution < 1.29 is 9.13 Å². The van der Waals surface area contributed by atoms with Gasteiger partial charge in [0.1, 0.15) is 11.6 Å². The van der Waals surface area contributed by atoms with Crippen molar-refractivity contribution in [1.82, 2.24) is 15.2 Å². The van der Waals surface area contributed by atoms with Crippen LogP contribution in [0.4, 0.5) is 4.39 Å². The van der Waals surface area contributed by atoms with Crippen molar-refractivity contribution in [2.45, 2.75) is 11.6 Å². The van der Waals surface area contributed by atoms with E-state index in [1.807, 2.05) is 24.3 Å². The van der Waals surface area contributed by atoms with Gasteiger partial charge in [-0.25, -0.2) is 9.37 Å². The molecule has 2 aromatic carbocycles. The largest absolute Gasteiger partial charge is 0.494 e. The number of rotatable bonds is 7. The summed E-state index contributed by atoms with van der Waals surface area (Å²) < 4.78 is 18.3. The summed E-state index contributed by atoms with van der Waals surface area (Å²) in [5.74, 6) is 1.96. The average molecular weight is 364 g/mol. The second-order valence-corrected chi connectivity index (χ2v) is 6.48. The molecule has 3 rings (SSSR count). The van der Waals surface area contributed by atoms with Gasteiger partial charge < -0.3 is 4.74 Å². The Labute approximate surface area is 148 Å². The number of nitrogens with one attached hydrogen (secondary N) is 1. The lowest BCUT2D eigenvalue weighted by Crippen LogP contribution is -1.98. The SMILES string of the molecule is Fc1ccc(OCCCSc2n[nH]c(-c3ccc(Cl)cc3)n2)cc1. The van der Waals surface area contributed by atoms with Gasteiger partial charge in [0, 0.05) is 16.3 Å². The molecule has 0 bridgehead atoms. The number of ether oxygens (including phenoxy) is 1. The number of nitrogens with zero attached hydrogens (tertiary/aromatic N) is 2. The molecular formula is C17H15ClFN3OS. The molecule has 1 N–H and O–H groups in total. The molecule has 0 aliphatic rings. The van der Waals surface area contributed by atoms with Crippen LogP contribution in [0.25, 0.3) is 11.4 Å². The number of H-pyrrole nitrogens is 1. The molecule has 0 radical (unpaired) electrons. The molecule has 3 aromatic rings. The first-order chi connectivity index (χ1) is 11.7. The second kappa shape index (κ2) is 8.17. The van der Waals surface area contributed by atoms with E-state index in [4.69, 9.17) is 16.3 Å². The molecule has 0 aliphatic carbocycles. The van der Waals surface area contributed by atoms with Crippen LogP contribution in [0.15, 0.2) is 53.7 Å². The van der Waals surface area contributed by atoms with E-state index in [1.165, 1.54) is 12.1 Å². The van der Waals surface area contributed by atoms with Crippen LogP contribution in [0.2, 0.25) is 5.02 Å². The van der Waals surface area contributed by atoms with Crippen LogP contribution >= 0.6 is 23.4 Å². The quantitative estimate of drug-likeness (QED) is 0.482. The van der Waals surface area contributed by atoms with Crippen molar-refractivity contribution in [3.63, 3.8) is 0 Å². The fourth-order valence-corrected chi connectivity index (χ4v) is 2.83. The van der Waals surface area contributed by atoms with Crippen molar-refractivity contribution in [3.05, 3.63) is 59.4 Å². The second-order valence-electron chi connectivity index (χ2n) is 4.98. The van der Waals surface area contributed by atoms with Crippen LogP contribution in [0, 0.1) is 5.82 Å². The Morgan fingerprint density at radius 1 is 1.08 bits per heavy atom. The fourth-order valence-electron chi connectivity index (χ4n) is 1.99. The predicted molar refractivity (Wildman–Crippen MR) is 94.1 cm³/mol. The lowest BCUT2D eigenvalue weighted by molar-refractivity contribution is 0.318. The molecule has 24 heavy (non-hydrogen) atoms. The standard InChI is InChI=1S/C17H15ClFN3OS/c18-13-4-2-12(3-5-13)16-20-17(22-21-16)24-11-1-10-23-15-8-6-14(19)7-9-15/h2-9H,1,10-11H2,(H,20,21,22). The molecule has 124 valence electrons. The van der Waals surface area contributed by atoms with Crippen LogP contribution in [0.5, 0.6) is 5.75 Å². The normalized spacial score (nSPS) is 10.8. The minimum atomic E-state index is -0.265. The third kappa shape index (κ3) is 4.72. The topological polar surface area (TPSA) is 50.8 Å². The molecule has 0 saturated heterocycles.